The number of carbonyl (C=O) groups is 1. The van der Waals surface area contributed by atoms with Gasteiger partial charge in [0.1, 0.15) is 5.76 Å². The van der Waals surface area contributed by atoms with Crippen LogP contribution in [0.1, 0.15) is 11.3 Å². The Balaban J connectivity index is 1.38. The quantitative estimate of drug-likeness (QED) is 0.204. The molecule has 34 heavy (non-hydrogen) atoms. The van der Waals surface area contributed by atoms with Gasteiger partial charge in [-0.1, -0.05) is 78.2 Å². The number of furan rings is 1. The molecule has 0 radical (unpaired) electrons. The number of hydrogen-bond donors (Lipinski definition) is 0. The summed E-state index contributed by atoms with van der Waals surface area (Å²) in [6.45, 7) is 0. The second-order valence-corrected chi connectivity index (χ2v) is 10.0. The van der Waals surface area contributed by atoms with Crippen molar-refractivity contribution in [3.63, 3.8) is 0 Å². The molecule has 0 N–H and O–H groups in total. The summed E-state index contributed by atoms with van der Waals surface area (Å²) < 4.78 is 45.3. The van der Waals surface area contributed by atoms with E-state index in [-0.39, 0.29) is 14.9 Å². The molecule has 1 aliphatic rings. The van der Waals surface area contributed by atoms with Gasteiger partial charge in [0.25, 0.3) is 5.91 Å². The first kappa shape index (κ1) is 22.8. The van der Waals surface area contributed by atoms with Crippen molar-refractivity contribution in [1.82, 2.24) is 0 Å². The number of hydrogen-bond acceptors (Lipinski definition) is 5. The van der Waals surface area contributed by atoms with Crippen molar-refractivity contribution in [3.05, 3.63) is 95.1 Å². The van der Waals surface area contributed by atoms with Crippen LogP contribution in [0.15, 0.2) is 98.2 Å². The van der Waals surface area contributed by atoms with E-state index in [0.717, 1.165) is 44.5 Å². The lowest BCUT2D eigenvalue weighted by molar-refractivity contribution is -0.137. The lowest BCUT2D eigenvalue weighted by Gasteiger charge is -2.16. The van der Waals surface area contributed by atoms with Gasteiger partial charge in [-0.15, -0.1) is 0 Å². The molecule has 1 aliphatic heterocycles. The molecule has 1 amide bonds. The molecule has 0 spiro atoms. The number of amides is 1. The Bertz CT molecular complexity index is 1450. The largest absolute Gasteiger partial charge is 0.450 e. The lowest BCUT2D eigenvalue weighted by Crippen LogP contribution is -2.27. The predicted octanol–water partition coefficient (Wildman–Crippen LogP) is 8.01. The average molecular weight is 514 g/mol. The fourth-order valence-electron chi connectivity index (χ4n) is 3.50. The molecule has 0 unspecified atom stereocenters. The van der Waals surface area contributed by atoms with Gasteiger partial charge in [-0.2, -0.15) is 13.2 Å². The van der Waals surface area contributed by atoms with Crippen LogP contribution in [0.25, 0.3) is 16.8 Å². The van der Waals surface area contributed by atoms with E-state index in [1.165, 1.54) is 23.9 Å². The summed E-state index contributed by atoms with van der Waals surface area (Å²) in [5.41, 5.74) is -0.767. The molecule has 0 saturated carbocycles. The van der Waals surface area contributed by atoms with Gasteiger partial charge in [0.05, 0.1) is 16.2 Å². The molecular weight excluding hydrogens is 499 g/mol. The van der Waals surface area contributed by atoms with Crippen LogP contribution in [0.4, 0.5) is 18.9 Å². The Morgan fingerprint density at radius 2 is 1.74 bits per heavy atom. The topological polar surface area (TPSA) is 33.5 Å². The SMILES string of the molecule is O=C1/C(=C/c2ccc(Sc3cccc4ccccc34)o2)SC(=S)N1c1cccc(C(F)(F)F)c1. The van der Waals surface area contributed by atoms with Gasteiger partial charge in [0, 0.05) is 11.0 Å². The predicted molar refractivity (Wildman–Crippen MR) is 134 cm³/mol. The third-order valence-corrected chi connectivity index (χ3v) is 7.36. The Labute approximate surface area is 206 Å². The molecule has 0 atom stereocenters. The molecule has 1 fully saturated rings. The standard InChI is InChI=1S/C25H14F3NO2S3/c26-25(27,28)16-7-4-8-17(13-16)29-23(30)21(34-24(29)32)14-18-11-12-22(31-18)33-20-10-3-6-15-5-1-2-9-19(15)20/h1-14H/b21-14-. The zero-order valence-electron chi connectivity index (χ0n) is 17.2. The smallest absolute Gasteiger partial charge is 0.416 e. The van der Waals surface area contributed by atoms with Crippen LogP contribution in [0, 0.1) is 0 Å². The third kappa shape index (κ3) is 4.51. The number of fused-ring (bicyclic) bond motifs is 1. The van der Waals surface area contributed by atoms with Crippen LogP contribution in [-0.4, -0.2) is 10.2 Å². The highest BCUT2D eigenvalue weighted by Gasteiger charge is 2.36. The summed E-state index contributed by atoms with van der Waals surface area (Å²) in [6, 6.07) is 22.2. The zero-order valence-corrected chi connectivity index (χ0v) is 19.7. The minimum absolute atomic E-state index is 0.0763. The summed E-state index contributed by atoms with van der Waals surface area (Å²) in [5, 5.41) is 2.88. The maximum absolute atomic E-state index is 13.1. The lowest BCUT2D eigenvalue weighted by atomic mass is 10.1. The summed E-state index contributed by atoms with van der Waals surface area (Å²) in [7, 11) is 0. The minimum atomic E-state index is -4.52. The van der Waals surface area contributed by atoms with Crippen molar-refractivity contribution in [2.24, 2.45) is 0 Å². The van der Waals surface area contributed by atoms with E-state index in [1.807, 2.05) is 48.5 Å². The van der Waals surface area contributed by atoms with Crippen LogP contribution >= 0.6 is 35.7 Å². The van der Waals surface area contributed by atoms with E-state index in [2.05, 4.69) is 0 Å². The van der Waals surface area contributed by atoms with Crippen molar-refractivity contribution in [2.45, 2.75) is 16.2 Å². The molecular formula is C25H14F3NO2S3. The first-order valence-electron chi connectivity index (χ1n) is 10.0. The van der Waals surface area contributed by atoms with Gasteiger partial charge in [-0.25, -0.2) is 0 Å². The van der Waals surface area contributed by atoms with Gasteiger partial charge >= 0.3 is 6.18 Å². The number of benzene rings is 3. The maximum atomic E-state index is 13.1. The highest BCUT2D eigenvalue weighted by Crippen LogP contribution is 2.39. The van der Waals surface area contributed by atoms with E-state index in [4.69, 9.17) is 16.6 Å². The molecule has 5 rings (SSSR count). The molecule has 1 aromatic heterocycles. The van der Waals surface area contributed by atoms with E-state index in [0.29, 0.717) is 10.9 Å². The number of alkyl halides is 3. The molecule has 2 heterocycles. The Morgan fingerprint density at radius 3 is 2.56 bits per heavy atom. The fraction of sp³-hybridized carbons (Fsp3) is 0.0400. The normalized spacial score (nSPS) is 15.6. The fourth-order valence-corrected chi connectivity index (χ4v) is 5.71. The van der Waals surface area contributed by atoms with Gasteiger partial charge < -0.3 is 4.42 Å². The Hall–Kier alpha value is -3.01. The molecule has 3 nitrogen and oxygen atoms in total. The van der Waals surface area contributed by atoms with Crippen LogP contribution in [-0.2, 0) is 11.0 Å². The number of thiocarbonyl (C=S) groups is 1. The summed E-state index contributed by atoms with van der Waals surface area (Å²) in [6.07, 6.45) is -2.96. The van der Waals surface area contributed by atoms with Crippen molar-refractivity contribution >= 4 is 68.5 Å². The highest BCUT2D eigenvalue weighted by atomic mass is 32.2. The summed E-state index contributed by atoms with van der Waals surface area (Å²) in [4.78, 5) is 15.4. The molecule has 0 aliphatic carbocycles. The average Bonchev–Trinajstić information content (AvgIpc) is 3.36. The highest BCUT2D eigenvalue weighted by molar-refractivity contribution is 8.27. The molecule has 4 aromatic rings. The number of rotatable bonds is 4. The zero-order chi connectivity index (χ0) is 23.9. The molecule has 170 valence electrons. The second kappa shape index (κ2) is 8.98. The van der Waals surface area contributed by atoms with Crippen LogP contribution in [0.2, 0.25) is 0 Å². The van der Waals surface area contributed by atoms with E-state index >= 15 is 0 Å². The van der Waals surface area contributed by atoms with E-state index in [1.54, 1.807) is 12.1 Å². The van der Waals surface area contributed by atoms with Crippen molar-refractivity contribution in [2.75, 3.05) is 4.90 Å². The minimum Gasteiger partial charge on any atom is -0.450 e. The Morgan fingerprint density at radius 1 is 0.971 bits per heavy atom. The van der Waals surface area contributed by atoms with E-state index in [9.17, 15) is 18.0 Å². The number of thioether (sulfide) groups is 1. The van der Waals surface area contributed by atoms with Crippen LogP contribution < -0.4 is 4.90 Å². The molecule has 1 saturated heterocycles. The number of anilines is 1. The van der Waals surface area contributed by atoms with Gasteiger partial charge in [0.15, 0.2) is 9.41 Å². The van der Waals surface area contributed by atoms with E-state index < -0.39 is 17.6 Å². The molecule has 0 bridgehead atoms. The summed E-state index contributed by atoms with van der Waals surface area (Å²) in [5.74, 6) is -0.0405. The van der Waals surface area contributed by atoms with Crippen LogP contribution in [0.3, 0.4) is 0 Å². The van der Waals surface area contributed by atoms with Crippen molar-refractivity contribution < 1.29 is 22.4 Å². The summed E-state index contributed by atoms with van der Waals surface area (Å²) >= 11 is 7.77. The number of halogens is 3. The van der Waals surface area contributed by atoms with Gasteiger partial charge in [0.2, 0.25) is 0 Å². The second-order valence-electron chi connectivity index (χ2n) is 7.30. The monoisotopic (exact) mass is 513 g/mol. The Kier molecular flexibility index (Phi) is 6.01. The maximum Gasteiger partial charge on any atom is 0.416 e. The van der Waals surface area contributed by atoms with Crippen molar-refractivity contribution in [3.8, 4) is 0 Å². The first-order valence-corrected chi connectivity index (χ1v) is 12.0. The molecule has 3 aromatic carbocycles. The number of nitrogens with zero attached hydrogens (tertiary/aromatic N) is 1. The van der Waals surface area contributed by atoms with Crippen molar-refractivity contribution in [1.29, 1.82) is 0 Å². The first-order chi connectivity index (χ1) is 16.3. The third-order valence-electron chi connectivity index (χ3n) is 5.06. The molecule has 9 heteroatoms. The van der Waals surface area contributed by atoms with Crippen LogP contribution in [0.5, 0.6) is 0 Å². The number of carbonyl (C=O) groups excluding carboxylic acids is 1. The van der Waals surface area contributed by atoms with Gasteiger partial charge in [-0.05, 0) is 47.2 Å². The van der Waals surface area contributed by atoms with Gasteiger partial charge in [-0.3, -0.25) is 9.69 Å².